The number of imide groups is 1. The Bertz CT molecular complexity index is 1260. The van der Waals surface area contributed by atoms with Gasteiger partial charge in [0, 0.05) is 15.6 Å². The standard InChI is InChI=1S/C26H21ClN2O4S/c1-2-15-33-26(32)17-11-13-20(14-12-17)29-24(30)22(28-19-8-6-7-18(27)16-19)23(25(29)31)34-21-9-4-3-5-10-21/h3-14,16,28H,2,15H2,1H3. The van der Waals surface area contributed by atoms with E-state index in [1.807, 2.05) is 37.3 Å². The second-order valence-electron chi connectivity index (χ2n) is 7.38. The molecule has 8 heteroatoms. The van der Waals surface area contributed by atoms with Crippen LogP contribution in [0, 0.1) is 0 Å². The van der Waals surface area contributed by atoms with Crippen LogP contribution >= 0.6 is 23.4 Å². The number of ether oxygens (including phenoxy) is 1. The molecule has 0 aromatic heterocycles. The molecule has 1 aliphatic heterocycles. The molecule has 6 nitrogen and oxygen atoms in total. The van der Waals surface area contributed by atoms with Crippen LogP contribution in [-0.4, -0.2) is 24.4 Å². The molecule has 0 atom stereocenters. The van der Waals surface area contributed by atoms with Crippen molar-refractivity contribution in [3.63, 3.8) is 0 Å². The number of thioether (sulfide) groups is 1. The number of benzene rings is 3. The first kappa shape index (κ1) is 23.6. The summed E-state index contributed by atoms with van der Waals surface area (Å²) in [5.41, 5.74) is 1.45. The van der Waals surface area contributed by atoms with Gasteiger partial charge in [0.05, 0.1) is 17.9 Å². The fraction of sp³-hybridized carbons (Fsp3) is 0.115. The molecule has 0 radical (unpaired) electrons. The van der Waals surface area contributed by atoms with Crippen molar-refractivity contribution in [2.45, 2.75) is 18.2 Å². The molecule has 4 rings (SSSR count). The molecule has 0 fully saturated rings. The van der Waals surface area contributed by atoms with Crippen LogP contribution in [0.5, 0.6) is 0 Å². The summed E-state index contributed by atoms with van der Waals surface area (Å²) in [6.45, 7) is 2.24. The lowest BCUT2D eigenvalue weighted by molar-refractivity contribution is -0.120. The molecular formula is C26H21ClN2O4S. The van der Waals surface area contributed by atoms with Gasteiger partial charge in [-0.05, 0) is 61.0 Å². The maximum atomic E-state index is 13.4. The van der Waals surface area contributed by atoms with E-state index in [-0.39, 0.29) is 10.6 Å². The van der Waals surface area contributed by atoms with Gasteiger partial charge in [0.2, 0.25) is 0 Å². The first-order chi connectivity index (χ1) is 16.5. The highest BCUT2D eigenvalue weighted by molar-refractivity contribution is 8.04. The van der Waals surface area contributed by atoms with Gasteiger partial charge in [0.15, 0.2) is 0 Å². The molecule has 0 bridgehead atoms. The first-order valence-electron chi connectivity index (χ1n) is 10.6. The van der Waals surface area contributed by atoms with E-state index in [1.54, 1.807) is 48.5 Å². The van der Waals surface area contributed by atoms with Crippen LogP contribution in [0.15, 0.2) is 94.4 Å². The number of carbonyl (C=O) groups is 3. The number of halogens is 1. The zero-order valence-electron chi connectivity index (χ0n) is 18.3. The predicted octanol–water partition coefficient (Wildman–Crippen LogP) is 5.90. The molecular weight excluding hydrogens is 472 g/mol. The zero-order chi connectivity index (χ0) is 24.1. The molecule has 0 saturated heterocycles. The van der Waals surface area contributed by atoms with Gasteiger partial charge in [-0.1, -0.05) is 54.6 Å². The Labute approximate surface area is 206 Å². The number of hydrogen-bond donors (Lipinski definition) is 1. The Hall–Kier alpha value is -3.55. The second-order valence-corrected chi connectivity index (χ2v) is 8.90. The lowest BCUT2D eigenvalue weighted by atomic mass is 10.2. The van der Waals surface area contributed by atoms with Crippen LogP contribution in [0.25, 0.3) is 0 Å². The van der Waals surface area contributed by atoms with Gasteiger partial charge in [-0.3, -0.25) is 9.59 Å². The van der Waals surface area contributed by atoms with Crippen LogP contribution in [0.2, 0.25) is 5.02 Å². The minimum atomic E-state index is -0.496. The van der Waals surface area contributed by atoms with E-state index < -0.39 is 17.8 Å². The molecule has 1 N–H and O–H groups in total. The molecule has 34 heavy (non-hydrogen) atoms. The molecule has 3 aromatic rings. The van der Waals surface area contributed by atoms with E-state index in [2.05, 4.69) is 5.32 Å². The van der Waals surface area contributed by atoms with Gasteiger partial charge >= 0.3 is 5.97 Å². The number of rotatable bonds is 8. The first-order valence-corrected chi connectivity index (χ1v) is 11.8. The molecule has 2 amide bonds. The number of esters is 1. The average molecular weight is 493 g/mol. The van der Waals surface area contributed by atoms with Crippen LogP contribution in [-0.2, 0) is 14.3 Å². The number of anilines is 2. The quantitative estimate of drug-likeness (QED) is 0.312. The summed E-state index contributed by atoms with van der Waals surface area (Å²) in [6.07, 6.45) is 0.719. The Morgan fingerprint density at radius 1 is 0.971 bits per heavy atom. The summed E-state index contributed by atoms with van der Waals surface area (Å²) in [4.78, 5) is 41.1. The number of nitrogens with zero attached hydrogens (tertiary/aromatic N) is 1. The fourth-order valence-corrected chi connectivity index (χ4v) is 4.43. The van der Waals surface area contributed by atoms with Crippen molar-refractivity contribution in [2.24, 2.45) is 0 Å². The van der Waals surface area contributed by atoms with E-state index in [0.717, 1.165) is 16.2 Å². The number of hydrogen-bond acceptors (Lipinski definition) is 6. The third-order valence-corrected chi connectivity index (χ3v) is 6.22. The monoisotopic (exact) mass is 492 g/mol. The smallest absolute Gasteiger partial charge is 0.338 e. The minimum absolute atomic E-state index is 0.160. The van der Waals surface area contributed by atoms with E-state index in [4.69, 9.17) is 16.3 Å². The lowest BCUT2D eigenvalue weighted by Crippen LogP contribution is -2.32. The molecule has 0 spiro atoms. The van der Waals surface area contributed by atoms with Crippen molar-refractivity contribution in [3.05, 3.63) is 100 Å². The van der Waals surface area contributed by atoms with E-state index in [9.17, 15) is 14.4 Å². The number of carbonyl (C=O) groups excluding carboxylic acids is 3. The topological polar surface area (TPSA) is 75.7 Å². The van der Waals surface area contributed by atoms with Gasteiger partial charge < -0.3 is 10.1 Å². The third-order valence-electron chi connectivity index (χ3n) is 4.90. The molecule has 0 saturated carbocycles. The van der Waals surface area contributed by atoms with Crippen molar-refractivity contribution < 1.29 is 19.1 Å². The van der Waals surface area contributed by atoms with Crippen LogP contribution in [0.3, 0.4) is 0 Å². The van der Waals surface area contributed by atoms with Crippen molar-refractivity contribution in [1.29, 1.82) is 0 Å². The Kier molecular flexibility index (Phi) is 7.35. The van der Waals surface area contributed by atoms with E-state index in [1.165, 1.54) is 11.8 Å². The molecule has 3 aromatic carbocycles. The number of amides is 2. The summed E-state index contributed by atoms with van der Waals surface area (Å²) < 4.78 is 5.14. The maximum absolute atomic E-state index is 13.4. The van der Waals surface area contributed by atoms with Gasteiger partial charge in [0.25, 0.3) is 11.8 Å². The third kappa shape index (κ3) is 5.16. The molecule has 0 aliphatic carbocycles. The largest absolute Gasteiger partial charge is 0.462 e. The summed E-state index contributed by atoms with van der Waals surface area (Å²) in [7, 11) is 0. The van der Waals surface area contributed by atoms with E-state index in [0.29, 0.717) is 28.6 Å². The van der Waals surface area contributed by atoms with Crippen molar-refractivity contribution in [2.75, 3.05) is 16.8 Å². The van der Waals surface area contributed by atoms with Gasteiger partial charge in [0.1, 0.15) is 10.6 Å². The summed E-state index contributed by atoms with van der Waals surface area (Å²) in [5.74, 6) is -1.40. The normalized spacial score (nSPS) is 13.4. The molecule has 1 aliphatic rings. The molecule has 172 valence electrons. The Morgan fingerprint density at radius 2 is 1.71 bits per heavy atom. The zero-order valence-corrected chi connectivity index (χ0v) is 19.9. The summed E-state index contributed by atoms with van der Waals surface area (Å²) >= 11 is 7.30. The van der Waals surface area contributed by atoms with Gasteiger partial charge in [-0.25, -0.2) is 9.69 Å². The van der Waals surface area contributed by atoms with Crippen molar-refractivity contribution in [1.82, 2.24) is 0 Å². The SMILES string of the molecule is CCCOC(=O)c1ccc(N2C(=O)C(Nc3cccc(Cl)c3)=C(Sc3ccccc3)C2=O)cc1. The Balaban J connectivity index is 1.65. The van der Waals surface area contributed by atoms with Crippen molar-refractivity contribution >= 4 is 52.5 Å². The van der Waals surface area contributed by atoms with Crippen molar-refractivity contribution in [3.8, 4) is 0 Å². The van der Waals surface area contributed by atoms with Crippen LogP contribution in [0.4, 0.5) is 11.4 Å². The second kappa shape index (κ2) is 10.6. The highest BCUT2D eigenvalue weighted by atomic mass is 35.5. The molecule has 1 heterocycles. The van der Waals surface area contributed by atoms with Crippen LogP contribution < -0.4 is 10.2 Å². The van der Waals surface area contributed by atoms with E-state index >= 15 is 0 Å². The predicted molar refractivity (Wildman–Crippen MR) is 134 cm³/mol. The van der Waals surface area contributed by atoms with Crippen LogP contribution in [0.1, 0.15) is 23.7 Å². The summed E-state index contributed by atoms with van der Waals surface area (Å²) in [5, 5.41) is 3.57. The lowest BCUT2D eigenvalue weighted by Gasteiger charge is -2.16. The Morgan fingerprint density at radius 3 is 2.38 bits per heavy atom. The average Bonchev–Trinajstić information content (AvgIpc) is 3.07. The van der Waals surface area contributed by atoms with Gasteiger partial charge in [-0.2, -0.15) is 0 Å². The number of nitrogens with one attached hydrogen (secondary N) is 1. The van der Waals surface area contributed by atoms with Gasteiger partial charge in [-0.15, -0.1) is 0 Å². The highest BCUT2D eigenvalue weighted by Gasteiger charge is 2.40. The summed E-state index contributed by atoms with van der Waals surface area (Å²) in [6, 6.07) is 22.5. The highest BCUT2D eigenvalue weighted by Crippen LogP contribution is 2.38. The maximum Gasteiger partial charge on any atom is 0.338 e. The minimum Gasteiger partial charge on any atom is -0.462 e. The fourth-order valence-electron chi connectivity index (χ4n) is 3.29. The molecule has 0 unspecified atom stereocenters.